The summed E-state index contributed by atoms with van der Waals surface area (Å²) in [6.45, 7) is 0.938. The Balaban J connectivity index is 1.78. The van der Waals surface area contributed by atoms with Crippen LogP contribution in [-0.4, -0.2) is 38.1 Å². The van der Waals surface area contributed by atoms with Crippen molar-refractivity contribution in [2.75, 3.05) is 18.8 Å². The van der Waals surface area contributed by atoms with Gasteiger partial charge in [0.25, 0.3) is 0 Å². The van der Waals surface area contributed by atoms with E-state index in [2.05, 4.69) is 0 Å². The number of aryl methyl sites for hydroxylation is 1. The fraction of sp³-hybridized carbons (Fsp3) is 0.500. The minimum Gasteiger partial charge on any atom is -0.342 e. The highest BCUT2D eigenvalue weighted by molar-refractivity contribution is 7.86. The van der Waals surface area contributed by atoms with Gasteiger partial charge < -0.3 is 4.90 Å². The van der Waals surface area contributed by atoms with Crippen LogP contribution in [0.25, 0.3) is 0 Å². The summed E-state index contributed by atoms with van der Waals surface area (Å²) in [5.41, 5.74) is 1.21. The highest BCUT2D eigenvalue weighted by atomic mass is 32.3. The van der Waals surface area contributed by atoms with Crippen LogP contribution in [0.4, 0.5) is 3.89 Å². The molecule has 1 fully saturated rings. The van der Waals surface area contributed by atoms with Crippen molar-refractivity contribution in [3.8, 4) is 0 Å². The van der Waals surface area contributed by atoms with Gasteiger partial charge in [0.15, 0.2) is 0 Å². The molecule has 1 amide bonds. The SMILES string of the molecule is O=C1CC(CS(=O)(=O)F)CN1CCCc1ccccc1. The van der Waals surface area contributed by atoms with Crippen molar-refractivity contribution >= 4 is 16.1 Å². The smallest absolute Gasteiger partial charge is 0.302 e. The van der Waals surface area contributed by atoms with Crippen molar-refractivity contribution in [1.29, 1.82) is 0 Å². The number of likely N-dealkylation sites (tertiary alicyclic amines) is 1. The number of halogens is 1. The lowest BCUT2D eigenvalue weighted by atomic mass is 10.1. The molecule has 1 aliphatic heterocycles. The van der Waals surface area contributed by atoms with E-state index in [1.165, 1.54) is 5.56 Å². The minimum absolute atomic E-state index is 0.0771. The molecule has 4 nitrogen and oxygen atoms in total. The zero-order chi connectivity index (χ0) is 14.6. The molecule has 0 aliphatic carbocycles. The predicted octanol–water partition coefficient (Wildman–Crippen LogP) is 1.77. The van der Waals surface area contributed by atoms with E-state index < -0.39 is 21.9 Å². The maximum Gasteiger partial charge on any atom is 0.302 e. The Labute approximate surface area is 118 Å². The lowest BCUT2D eigenvalue weighted by molar-refractivity contribution is -0.127. The first-order valence-corrected chi connectivity index (χ1v) is 8.23. The number of hydrogen-bond donors (Lipinski definition) is 0. The van der Waals surface area contributed by atoms with E-state index >= 15 is 0 Å². The second-order valence-electron chi connectivity index (χ2n) is 5.20. The molecule has 1 heterocycles. The van der Waals surface area contributed by atoms with E-state index in [4.69, 9.17) is 0 Å². The molecule has 0 bridgehead atoms. The summed E-state index contributed by atoms with van der Waals surface area (Å²) in [6.07, 6.45) is 1.83. The Morgan fingerprint density at radius 2 is 1.95 bits per heavy atom. The van der Waals surface area contributed by atoms with Crippen molar-refractivity contribution in [3.05, 3.63) is 35.9 Å². The Hall–Kier alpha value is -1.43. The van der Waals surface area contributed by atoms with Gasteiger partial charge in [-0.3, -0.25) is 4.79 Å². The molecular formula is C14H18FNO3S. The van der Waals surface area contributed by atoms with Crippen LogP contribution in [0.3, 0.4) is 0 Å². The number of carbonyl (C=O) groups is 1. The van der Waals surface area contributed by atoms with Crippen LogP contribution in [0, 0.1) is 5.92 Å². The zero-order valence-electron chi connectivity index (χ0n) is 11.2. The lowest BCUT2D eigenvalue weighted by Gasteiger charge is -2.16. The third-order valence-electron chi connectivity index (χ3n) is 3.47. The summed E-state index contributed by atoms with van der Waals surface area (Å²) >= 11 is 0. The number of hydrogen-bond acceptors (Lipinski definition) is 3. The molecule has 0 saturated carbocycles. The van der Waals surface area contributed by atoms with E-state index in [0.717, 1.165) is 12.8 Å². The Morgan fingerprint density at radius 1 is 1.25 bits per heavy atom. The average Bonchev–Trinajstić information content (AvgIpc) is 2.68. The third-order valence-corrected chi connectivity index (χ3v) is 4.34. The van der Waals surface area contributed by atoms with Crippen LogP contribution in [-0.2, 0) is 21.4 Å². The van der Waals surface area contributed by atoms with Crippen LogP contribution in [0.2, 0.25) is 0 Å². The minimum atomic E-state index is -4.50. The number of amides is 1. The van der Waals surface area contributed by atoms with Crippen LogP contribution in [0.5, 0.6) is 0 Å². The molecule has 1 aliphatic rings. The van der Waals surface area contributed by atoms with Crippen LogP contribution >= 0.6 is 0 Å². The Morgan fingerprint density at radius 3 is 2.60 bits per heavy atom. The highest BCUT2D eigenvalue weighted by Crippen LogP contribution is 2.20. The molecule has 1 saturated heterocycles. The van der Waals surface area contributed by atoms with Crippen molar-refractivity contribution in [3.63, 3.8) is 0 Å². The molecule has 0 aromatic heterocycles. The van der Waals surface area contributed by atoms with E-state index in [1.54, 1.807) is 4.90 Å². The topological polar surface area (TPSA) is 54.5 Å². The molecular weight excluding hydrogens is 281 g/mol. The van der Waals surface area contributed by atoms with E-state index in [0.29, 0.717) is 13.1 Å². The van der Waals surface area contributed by atoms with Crippen LogP contribution in [0.15, 0.2) is 30.3 Å². The van der Waals surface area contributed by atoms with Gasteiger partial charge in [0.2, 0.25) is 5.91 Å². The second-order valence-corrected chi connectivity index (χ2v) is 6.62. The van der Waals surface area contributed by atoms with Gasteiger partial charge in [0.05, 0.1) is 5.75 Å². The zero-order valence-corrected chi connectivity index (χ0v) is 12.0. The largest absolute Gasteiger partial charge is 0.342 e. The standard InChI is InChI=1S/C14H18FNO3S/c15-20(18,19)11-13-9-14(17)16(10-13)8-4-7-12-5-2-1-3-6-12/h1-3,5-6,13H,4,7-11H2. The van der Waals surface area contributed by atoms with Crippen molar-refractivity contribution in [2.24, 2.45) is 5.92 Å². The van der Waals surface area contributed by atoms with Crippen LogP contribution in [0.1, 0.15) is 18.4 Å². The number of carbonyl (C=O) groups excluding carboxylic acids is 1. The molecule has 110 valence electrons. The second kappa shape index (κ2) is 6.35. The monoisotopic (exact) mass is 299 g/mol. The molecule has 1 atom stereocenters. The summed E-state index contributed by atoms with van der Waals surface area (Å²) in [7, 11) is -4.50. The summed E-state index contributed by atoms with van der Waals surface area (Å²) < 4.78 is 33.8. The molecule has 1 unspecified atom stereocenters. The van der Waals surface area contributed by atoms with Crippen molar-refractivity contribution < 1.29 is 17.1 Å². The summed E-state index contributed by atoms with van der Waals surface area (Å²) in [5.74, 6) is -1.03. The first-order chi connectivity index (χ1) is 9.44. The quantitative estimate of drug-likeness (QED) is 0.752. The van der Waals surface area contributed by atoms with Gasteiger partial charge in [-0.1, -0.05) is 30.3 Å². The van der Waals surface area contributed by atoms with Crippen molar-refractivity contribution in [2.45, 2.75) is 19.3 Å². The van der Waals surface area contributed by atoms with E-state index in [-0.39, 0.29) is 12.3 Å². The van der Waals surface area contributed by atoms with E-state index in [1.807, 2.05) is 30.3 Å². The summed E-state index contributed by atoms with van der Waals surface area (Å²) in [5, 5.41) is 0. The Kier molecular flexibility index (Phi) is 4.75. The van der Waals surface area contributed by atoms with E-state index in [9.17, 15) is 17.1 Å². The van der Waals surface area contributed by atoms with Gasteiger partial charge in [0, 0.05) is 25.4 Å². The van der Waals surface area contributed by atoms with Gasteiger partial charge >= 0.3 is 10.2 Å². The average molecular weight is 299 g/mol. The molecule has 0 radical (unpaired) electrons. The summed E-state index contributed by atoms with van der Waals surface area (Å²) in [6, 6.07) is 9.96. The van der Waals surface area contributed by atoms with Crippen LogP contribution < -0.4 is 0 Å². The van der Waals surface area contributed by atoms with Gasteiger partial charge in [-0.05, 0) is 18.4 Å². The number of rotatable bonds is 6. The van der Waals surface area contributed by atoms with Gasteiger partial charge in [0.1, 0.15) is 0 Å². The Bertz CT molecular complexity index is 559. The first-order valence-electron chi connectivity index (χ1n) is 6.68. The molecule has 6 heteroatoms. The predicted molar refractivity (Wildman–Crippen MR) is 74.3 cm³/mol. The van der Waals surface area contributed by atoms with Gasteiger partial charge in [-0.25, -0.2) is 0 Å². The number of benzene rings is 1. The first kappa shape index (κ1) is 15.0. The lowest BCUT2D eigenvalue weighted by Crippen LogP contribution is -2.27. The molecule has 1 aromatic rings. The molecule has 1 aromatic carbocycles. The van der Waals surface area contributed by atoms with Gasteiger partial charge in [-0.15, -0.1) is 3.89 Å². The maximum absolute atomic E-state index is 12.6. The van der Waals surface area contributed by atoms with Crippen molar-refractivity contribution in [1.82, 2.24) is 4.90 Å². The number of nitrogens with zero attached hydrogens (tertiary/aromatic N) is 1. The summed E-state index contributed by atoms with van der Waals surface area (Å²) in [4.78, 5) is 13.4. The normalized spacial score (nSPS) is 19.6. The maximum atomic E-state index is 12.6. The van der Waals surface area contributed by atoms with Gasteiger partial charge in [-0.2, -0.15) is 8.42 Å². The molecule has 0 N–H and O–H groups in total. The molecule has 2 rings (SSSR count). The molecule has 20 heavy (non-hydrogen) atoms. The fourth-order valence-corrected chi connectivity index (χ4v) is 3.37. The third kappa shape index (κ3) is 4.59. The molecule has 0 spiro atoms. The fourth-order valence-electron chi connectivity index (χ4n) is 2.58. The highest BCUT2D eigenvalue weighted by Gasteiger charge is 2.32.